The van der Waals surface area contributed by atoms with Crippen molar-refractivity contribution < 1.29 is 23.8 Å². The van der Waals surface area contributed by atoms with Gasteiger partial charge in [0.1, 0.15) is 12.4 Å². The Morgan fingerprint density at radius 2 is 1.74 bits per heavy atom. The van der Waals surface area contributed by atoms with Gasteiger partial charge in [-0.3, -0.25) is 4.79 Å². The number of benzene rings is 1. The van der Waals surface area contributed by atoms with Crippen molar-refractivity contribution in [3.63, 3.8) is 0 Å². The van der Waals surface area contributed by atoms with E-state index in [9.17, 15) is 4.79 Å². The minimum absolute atomic E-state index is 0.00398. The summed E-state index contributed by atoms with van der Waals surface area (Å²) >= 11 is 0. The van der Waals surface area contributed by atoms with Crippen LogP contribution in [0.5, 0.6) is 5.75 Å². The second-order valence-electron chi connectivity index (χ2n) is 8.86. The summed E-state index contributed by atoms with van der Waals surface area (Å²) in [5, 5.41) is 1.39. The Balaban J connectivity index is 0.00000133. The number of hydrogen-bond acceptors (Lipinski definition) is 8. The van der Waals surface area contributed by atoms with E-state index < -0.39 is 0 Å². The highest BCUT2D eigenvalue weighted by atomic mass is 16.6. The van der Waals surface area contributed by atoms with Crippen LogP contribution in [0.1, 0.15) is 57.9 Å². The van der Waals surface area contributed by atoms with Crippen molar-refractivity contribution in [1.29, 1.82) is 0 Å². The number of hydrogen-bond donors (Lipinski definition) is 2. The summed E-state index contributed by atoms with van der Waals surface area (Å²) in [5.74, 6) is 7.32. The van der Waals surface area contributed by atoms with Gasteiger partial charge >= 0.3 is 6.09 Å². The Bertz CT molecular complexity index is 759. The van der Waals surface area contributed by atoms with E-state index in [1.54, 1.807) is 19.0 Å². The molecule has 1 saturated carbocycles. The average Bonchev–Trinajstić information content (AvgIpc) is 2.83. The molecule has 1 aliphatic carbocycles. The lowest BCUT2D eigenvalue weighted by atomic mass is 9.98. The Kier molecular flexibility index (Phi) is 13.5. The monoisotopic (exact) mass is 478 g/mol. The van der Waals surface area contributed by atoms with E-state index >= 15 is 0 Å². The number of likely N-dealkylation sites (N-methyl/N-ethyl adjacent to an activating group) is 1. The molecule has 34 heavy (non-hydrogen) atoms. The molecular weight excluding hydrogens is 436 g/mol. The van der Waals surface area contributed by atoms with Crippen molar-refractivity contribution in [2.75, 3.05) is 34.4 Å². The molecule has 0 radical (unpaired) electrons. The number of methoxy groups -OCH3 is 1. The van der Waals surface area contributed by atoms with Gasteiger partial charge in [-0.1, -0.05) is 20.3 Å². The molecule has 0 atom stereocenters. The summed E-state index contributed by atoms with van der Waals surface area (Å²) in [6.07, 6.45) is 6.82. The largest absolute Gasteiger partial charge is 0.490 e. The highest BCUT2D eigenvalue weighted by Gasteiger charge is 2.17. The Labute approximate surface area is 204 Å². The minimum atomic E-state index is -0.390. The zero-order chi connectivity index (χ0) is 25.5. The van der Waals surface area contributed by atoms with Gasteiger partial charge in [0, 0.05) is 20.6 Å². The number of hydrazine groups is 1. The Morgan fingerprint density at radius 1 is 1.15 bits per heavy atom. The molecule has 1 fully saturated rings. The zero-order valence-electron chi connectivity index (χ0n) is 21.3. The van der Waals surface area contributed by atoms with E-state index in [0.29, 0.717) is 36.4 Å². The highest BCUT2D eigenvalue weighted by molar-refractivity contribution is 5.69. The zero-order valence-corrected chi connectivity index (χ0v) is 21.3. The fourth-order valence-electron chi connectivity index (χ4n) is 3.41. The van der Waals surface area contributed by atoms with Crippen molar-refractivity contribution in [3.8, 4) is 5.75 Å². The van der Waals surface area contributed by atoms with Gasteiger partial charge in [-0.25, -0.2) is 10.6 Å². The van der Waals surface area contributed by atoms with Gasteiger partial charge in [0.05, 0.1) is 24.6 Å². The fraction of sp³-hybridized carbons (Fsp3) is 0.600. The number of carbonyl (C=O) groups excluding carboxylic acids is 2. The molecule has 0 unspecified atom stereocenters. The first kappa shape index (κ1) is 29.1. The molecule has 0 heterocycles. The van der Waals surface area contributed by atoms with E-state index in [1.165, 1.54) is 31.4 Å². The summed E-state index contributed by atoms with van der Waals surface area (Å²) < 4.78 is 15.4. The fourth-order valence-corrected chi connectivity index (χ4v) is 3.41. The first-order valence-corrected chi connectivity index (χ1v) is 11.8. The van der Waals surface area contributed by atoms with Crippen LogP contribution in [-0.2, 0) is 14.3 Å². The predicted octanol–water partition coefficient (Wildman–Crippen LogP) is 3.73. The minimum Gasteiger partial charge on any atom is -0.490 e. The van der Waals surface area contributed by atoms with E-state index in [-0.39, 0.29) is 12.7 Å². The molecule has 0 saturated heterocycles. The maximum Gasteiger partial charge on any atom is 0.409 e. The quantitative estimate of drug-likeness (QED) is 0.296. The van der Waals surface area contributed by atoms with Crippen LogP contribution >= 0.6 is 0 Å². The molecule has 1 aromatic rings. The molecule has 192 valence electrons. The smallest absolute Gasteiger partial charge is 0.409 e. The molecule has 9 heteroatoms. The van der Waals surface area contributed by atoms with Crippen LogP contribution in [0.4, 0.5) is 4.79 Å². The average molecular weight is 479 g/mol. The van der Waals surface area contributed by atoms with Crippen LogP contribution in [0, 0.1) is 5.92 Å². The van der Waals surface area contributed by atoms with Gasteiger partial charge in [-0.15, -0.1) is 0 Å². The van der Waals surface area contributed by atoms with Gasteiger partial charge in [0.25, 0.3) is 6.47 Å². The second-order valence-corrected chi connectivity index (χ2v) is 8.86. The normalized spacial score (nSPS) is 14.3. The first-order chi connectivity index (χ1) is 16.2. The van der Waals surface area contributed by atoms with Crippen LogP contribution in [0.3, 0.4) is 0 Å². The molecule has 0 spiro atoms. The van der Waals surface area contributed by atoms with Crippen molar-refractivity contribution in [3.05, 3.63) is 35.5 Å². The molecule has 2 rings (SSSR count). The van der Waals surface area contributed by atoms with Gasteiger partial charge in [0.15, 0.2) is 0 Å². The highest BCUT2D eigenvalue weighted by Crippen LogP contribution is 2.25. The van der Waals surface area contributed by atoms with Crippen LogP contribution in [0.15, 0.2) is 30.0 Å². The lowest BCUT2D eigenvalue weighted by Crippen LogP contribution is -2.34. The lowest BCUT2D eigenvalue weighted by molar-refractivity contribution is -0.126. The summed E-state index contributed by atoms with van der Waals surface area (Å²) in [6, 6.07) is 7.68. The van der Waals surface area contributed by atoms with Crippen molar-refractivity contribution in [2.45, 2.75) is 58.5 Å². The molecule has 0 aliphatic heterocycles. The SMILES string of the molecule is CC(C)CCN(C)C(=O)OC/C(=C(/N)c1ccc(OC2CCCCC2)cc1)N(C)N.COC=O. The third-order valence-electron chi connectivity index (χ3n) is 5.54. The van der Waals surface area contributed by atoms with Gasteiger partial charge in [-0.2, -0.15) is 0 Å². The number of nitrogens with zero attached hydrogens (tertiary/aromatic N) is 2. The Hall–Kier alpha value is -2.94. The first-order valence-electron chi connectivity index (χ1n) is 11.8. The Morgan fingerprint density at radius 3 is 2.24 bits per heavy atom. The number of rotatable bonds is 10. The second kappa shape index (κ2) is 15.8. The standard InChI is InChI=1S/C23H38N4O3.C2H4O2/c1-17(2)14-15-26(3)23(28)29-16-21(27(4)25)22(24)18-10-12-20(13-11-18)30-19-8-6-5-7-9-19;1-4-2-3/h10-13,17,19H,5-9,14-16,24-25H2,1-4H3;2H,1H3/b22-21-;. The lowest BCUT2D eigenvalue weighted by Gasteiger charge is -2.23. The number of amides is 1. The van der Waals surface area contributed by atoms with E-state index in [4.69, 9.17) is 25.8 Å². The van der Waals surface area contributed by atoms with Crippen molar-refractivity contribution in [2.24, 2.45) is 17.5 Å². The third kappa shape index (κ3) is 10.8. The predicted molar refractivity (Wildman–Crippen MR) is 134 cm³/mol. The maximum absolute atomic E-state index is 12.2. The van der Waals surface area contributed by atoms with Crippen LogP contribution in [0.2, 0.25) is 0 Å². The molecule has 9 nitrogen and oxygen atoms in total. The molecule has 0 aromatic heterocycles. The summed E-state index contributed by atoms with van der Waals surface area (Å²) in [7, 11) is 4.72. The summed E-state index contributed by atoms with van der Waals surface area (Å²) in [4.78, 5) is 22.8. The van der Waals surface area contributed by atoms with Gasteiger partial charge < -0.3 is 29.9 Å². The van der Waals surface area contributed by atoms with E-state index in [0.717, 1.165) is 30.6 Å². The van der Waals surface area contributed by atoms with Crippen LogP contribution in [0.25, 0.3) is 5.70 Å². The number of ether oxygens (including phenoxy) is 3. The van der Waals surface area contributed by atoms with Crippen LogP contribution in [-0.4, -0.2) is 62.9 Å². The maximum atomic E-state index is 12.2. The van der Waals surface area contributed by atoms with Crippen molar-refractivity contribution in [1.82, 2.24) is 9.91 Å². The third-order valence-corrected chi connectivity index (χ3v) is 5.54. The molecule has 4 N–H and O–H groups in total. The van der Waals surface area contributed by atoms with Gasteiger partial charge in [-0.05, 0) is 67.9 Å². The molecule has 1 amide bonds. The topological polar surface area (TPSA) is 120 Å². The van der Waals surface area contributed by atoms with E-state index in [1.807, 2.05) is 24.3 Å². The van der Waals surface area contributed by atoms with E-state index in [2.05, 4.69) is 18.6 Å². The molecular formula is C25H42N4O5. The summed E-state index contributed by atoms with van der Waals surface area (Å²) in [5.41, 5.74) is 8.17. The van der Waals surface area contributed by atoms with Crippen LogP contribution < -0.4 is 16.3 Å². The molecule has 0 bridgehead atoms. The number of carbonyl (C=O) groups is 2. The van der Waals surface area contributed by atoms with Crippen molar-refractivity contribution >= 4 is 18.3 Å². The molecule has 1 aliphatic rings. The van der Waals surface area contributed by atoms with Gasteiger partial charge in [0.2, 0.25) is 0 Å². The molecule has 1 aromatic carbocycles. The summed E-state index contributed by atoms with van der Waals surface area (Å²) in [6.45, 7) is 5.26. The number of nitrogens with two attached hydrogens (primary N) is 2.